The number of nitrogens with zero attached hydrogens (tertiary/aromatic N) is 4. The van der Waals surface area contributed by atoms with Crippen molar-refractivity contribution >= 4 is 34.2 Å². The first-order valence-corrected chi connectivity index (χ1v) is 11.2. The fourth-order valence-corrected chi connectivity index (χ4v) is 5.30. The smallest absolute Gasteiger partial charge is 0.233 e. The van der Waals surface area contributed by atoms with E-state index in [0.717, 1.165) is 42.1 Å². The molecule has 1 atom stereocenters. The summed E-state index contributed by atoms with van der Waals surface area (Å²) < 4.78 is 2.11. The van der Waals surface area contributed by atoms with Gasteiger partial charge in [0.25, 0.3) is 0 Å². The van der Waals surface area contributed by atoms with Crippen LogP contribution in [0.2, 0.25) is 0 Å². The molecule has 1 saturated heterocycles. The Kier molecular flexibility index (Phi) is 5.32. The summed E-state index contributed by atoms with van der Waals surface area (Å²) in [5, 5.41) is 10.8. The molecule has 0 spiro atoms. The van der Waals surface area contributed by atoms with Gasteiger partial charge in [-0.3, -0.25) is 9.20 Å². The maximum Gasteiger partial charge on any atom is 0.233 e. The van der Waals surface area contributed by atoms with E-state index in [1.54, 1.807) is 0 Å². The zero-order valence-electron chi connectivity index (χ0n) is 17.2. The molecule has 0 saturated carbocycles. The minimum atomic E-state index is 0.220. The second kappa shape index (κ2) is 7.74. The molecule has 3 aromatic rings. The zero-order valence-corrected chi connectivity index (χ0v) is 18.0. The van der Waals surface area contributed by atoms with E-state index in [0.29, 0.717) is 11.8 Å². The normalized spacial score (nSPS) is 17.6. The first-order chi connectivity index (χ1) is 13.5. The second-order valence-electron chi connectivity index (χ2n) is 7.92. The number of carbonyl (C=O) groups is 1. The quantitative estimate of drug-likeness (QED) is 0.600. The molecule has 0 bridgehead atoms. The summed E-state index contributed by atoms with van der Waals surface area (Å²) in [6.07, 6.45) is 4.51. The number of likely N-dealkylation sites (tertiary alicyclic amines) is 1. The van der Waals surface area contributed by atoms with Gasteiger partial charge < -0.3 is 4.90 Å². The SMILES string of the molecule is CC[C@H]1CCCCN1C(=O)CSc1nnc2cc(C)c3cc(C)cc(C)c3n12. The zero-order chi connectivity index (χ0) is 19.8. The Morgan fingerprint density at radius 1 is 1.14 bits per heavy atom. The minimum Gasteiger partial charge on any atom is -0.339 e. The van der Waals surface area contributed by atoms with E-state index in [9.17, 15) is 4.79 Å². The molecule has 5 nitrogen and oxygen atoms in total. The highest BCUT2D eigenvalue weighted by Gasteiger charge is 2.25. The lowest BCUT2D eigenvalue weighted by atomic mass is 10.0. The summed E-state index contributed by atoms with van der Waals surface area (Å²) in [5.41, 5.74) is 5.65. The van der Waals surface area contributed by atoms with Gasteiger partial charge in [-0.2, -0.15) is 0 Å². The number of aryl methyl sites for hydroxylation is 3. The summed E-state index contributed by atoms with van der Waals surface area (Å²) in [6, 6.07) is 6.89. The van der Waals surface area contributed by atoms with E-state index in [4.69, 9.17) is 0 Å². The highest BCUT2D eigenvalue weighted by molar-refractivity contribution is 7.99. The van der Waals surface area contributed by atoms with Crippen LogP contribution in [0.1, 0.15) is 49.3 Å². The lowest BCUT2D eigenvalue weighted by molar-refractivity contribution is -0.132. The average molecular weight is 397 g/mol. The number of thioether (sulfide) groups is 1. The number of benzene rings is 1. The van der Waals surface area contributed by atoms with Gasteiger partial charge in [0.1, 0.15) is 0 Å². The van der Waals surface area contributed by atoms with E-state index >= 15 is 0 Å². The molecule has 1 fully saturated rings. The second-order valence-corrected chi connectivity index (χ2v) is 8.86. The van der Waals surface area contributed by atoms with E-state index in [1.165, 1.54) is 40.3 Å². The van der Waals surface area contributed by atoms with Crippen molar-refractivity contribution in [3.8, 4) is 0 Å². The maximum absolute atomic E-state index is 12.9. The third-order valence-electron chi connectivity index (χ3n) is 5.84. The Morgan fingerprint density at radius 2 is 1.96 bits per heavy atom. The number of hydrogen-bond acceptors (Lipinski definition) is 4. The molecule has 1 aliphatic heterocycles. The van der Waals surface area contributed by atoms with Crippen LogP contribution in [0.3, 0.4) is 0 Å². The van der Waals surface area contributed by atoms with Crippen molar-refractivity contribution in [1.82, 2.24) is 19.5 Å². The molecule has 0 aliphatic carbocycles. The highest BCUT2D eigenvalue weighted by Crippen LogP contribution is 2.29. The number of fused-ring (bicyclic) bond motifs is 3. The number of hydrogen-bond donors (Lipinski definition) is 0. The predicted molar refractivity (Wildman–Crippen MR) is 115 cm³/mol. The van der Waals surface area contributed by atoms with E-state index in [1.807, 2.05) is 0 Å². The van der Waals surface area contributed by atoms with E-state index < -0.39 is 0 Å². The molecular formula is C22H28N4OS. The Balaban J connectivity index is 1.66. The molecular weight excluding hydrogens is 368 g/mol. The molecule has 1 amide bonds. The lowest BCUT2D eigenvalue weighted by Crippen LogP contribution is -2.44. The van der Waals surface area contributed by atoms with Crippen LogP contribution in [0.25, 0.3) is 16.6 Å². The molecule has 4 rings (SSSR count). The summed E-state index contributed by atoms with van der Waals surface area (Å²) in [5.74, 6) is 0.634. The largest absolute Gasteiger partial charge is 0.339 e. The molecule has 3 heterocycles. The summed E-state index contributed by atoms with van der Waals surface area (Å²) >= 11 is 1.50. The van der Waals surface area contributed by atoms with Crippen LogP contribution in [0.5, 0.6) is 0 Å². The molecule has 6 heteroatoms. The van der Waals surface area contributed by atoms with Crippen LogP contribution >= 0.6 is 11.8 Å². The summed E-state index contributed by atoms with van der Waals surface area (Å²) in [4.78, 5) is 15.0. The highest BCUT2D eigenvalue weighted by atomic mass is 32.2. The number of amides is 1. The van der Waals surface area contributed by atoms with Crippen molar-refractivity contribution < 1.29 is 4.79 Å². The molecule has 0 unspecified atom stereocenters. The molecule has 0 radical (unpaired) electrons. The lowest BCUT2D eigenvalue weighted by Gasteiger charge is -2.35. The molecule has 1 aromatic carbocycles. The topological polar surface area (TPSA) is 50.5 Å². The Morgan fingerprint density at radius 3 is 2.75 bits per heavy atom. The third kappa shape index (κ3) is 3.39. The van der Waals surface area contributed by atoms with Gasteiger partial charge in [0.15, 0.2) is 10.8 Å². The van der Waals surface area contributed by atoms with Gasteiger partial charge in [0, 0.05) is 18.0 Å². The number of rotatable bonds is 4. The number of piperidine rings is 1. The first-order valence-electron chi connectivity index (χ1n) is 10.2. The first kappa shape index (κ1) is 19.2. The van der Waals surface area contributed by atoms with E-state index in [2.05, 4.69) is 65.4 Å². The van der Waals surface area contributed by atoms with Crippen molar-refractivity contribution in [2.24, 2.45) is 0 Å². The Hall–Kier alpha value is -2.08. The standard InChI is InChI=1S/C22H28N4OS/c1-5-17-8-6-7-9-25(17)20(27)13-28-22-24-23-19-12-15(3)18-11-14(2)10-16(4)21(18)26(19)22/h10-12,17H,5-9,13H2,1-4H3/t17-/m0/s1. The molecule has 0 N–H and O–H groups in total. The molecule has 1 aliphatic rings. The van der Waals surface area contributed by atoms with Crippen LogP contribution in [-0.4, -0.2) is 43.7 Å². The molecule has 28 heavy (non-hydrogen) atoms. The number of carbonyl (C=O) groups excluding carboxylic acids is 1. The van der Waals surface area contributed by atoms with Crippen molar-refractivity contribution in [3.05, 3.63) is 34.9 Å². The fourth-order valence-electron chi connectivity index (χ4n) is 4.47. The minimum absolute atomic E-state index is 0.220. The third-order valence-corrected chi connectivity index (χ3v) is 6.75. The van der Waals surface area contributed by atoms with Crippen LogP contribution in [0.4, 0.5) is 0 Å². The Labute approximate surface area is 170 Å². The average Bonchev–Trinajstić information content (AvgIpc) is 3.08. The summed E-state index contributed by atoms with van der Waals surface area (Å²) in [7, 11) is 0. The van der Waals surface area contributed by atoms with Gasteiger partial charge in [-0.15, -0.1) is 10.2 Å². The molecule has 2 aromatic heterocycles. The van der Waals surface area contributed by atoms with Gasteiger partial charge in [-0.25, -0.2) is 0 Å². The van der Waals surface area contributed by atoms with Crippen LogP contribution in [-0.2, 0) is 4.79 Å². The van der Waals surface area contributed by atoms with Gasteiger partial charge in [-0.1, -0.05) is 30.3 Å². The van der Waals surface area contributed by atoms with Crippen molar-refractivity contribution in [2.75, 3.05) is 12.3 Å². The van der Waals surface area contributed by atoms with Crippen LogP contribution in [0, 0.1) is 20.8 Å². The van der Waals surface area contributed by atoms with Crippen molar-refractivity contribution in [3.63, 3.8) is 0 Å². The maximum atomic E-state index is 12.9. The fraction of sp³-hybridized carbons (Fsp3) is 0.500. The van der Waals surface area contributed by atoms with Gasteiger partial charge in [-0.05, 0) is 69.7 Å². The van der Waals surface area contributed by atoms with Gasteiger partial charge in [0.2, 0.25) is 5.91 Å². The van der Waals surface area contributed by atoms with Gasteiger partial charge >= 0.3 is 0 Å². The predicted octanol–water partition coefficient (Wildman–Crippen LogP) is 4.69. The van der Waals surface area contributed by atoms with Gasteiger partial charge in [0.05, 0.1) is 11.3 Å². The van der Waals surface area contributed by atoms with Crippen molar-refractivity contribution in [2.45, 2.75) is 64.6 Å². The number of aromatic nitrogens is 3. The van der Waals surface area contributed by atoms with Crippen molar-refractivity contribution in [1.29, 1.82) is 0 Å². The van der Waals surface area contributed by atoms with Crippen LogP contribution < -0.4 is 0 Å². The Bertz CT molecular complexity index is 1040. The molecule has 148 valence electrons. The monoisotopic (exact) mass is 396 g/mol. The van der Waals surface area contributed by atoms with E-state index in [-0.39, 0.29) is 5.91 Å². The summed E-state index contributed by atoms with van der Waals surface area (Å²) in [6.45, 7) is 9.44. The van der Waals surface area contributed by atoms with Crippen LogP contribution in [0.15, 0.2) is 23.4 Å². The number of pyridine rings is 1.